The molecule has 5 heterocycles. The number of fused-ring (bicyclic) bond motifs is 12. The minimum Gasteiger partial charge on any atom is -0.309 e. The van der Waals surface area contributed by atoms with Gasteiger partial charge in [0, 0.05) is 66.2 Å². The second-order valence-electron chi connectivity index (χ2n) is 17.4. The highest BCUT2D eigenvalue weighted by atomic mass is 19.4. The first kappa shape index (κ1) is 38.4. The van der Waals surface area contributed by atoms with Crippen LogP contribution in [0.3, 0.4) is 0 Å². The fourth-order valence-corrected chi connectivity index (χ4v) is 11.1. The minimum absolute atomic E-state index is 0.00707. The Morgan fingerprint density at radius 1 is 0.309 bits per heavy atom. The standard InChI is InChI=1S/C60H36F3N5/c61-60(62,63)47-25-15-30-52(67-50-28-13-9-23-41(50)45-33-43-39-21-7-11-26-48(39)65(54(43)35-56(45)67)37-17-3-1-4-18-37)58(47)59-53(31-16-32-64-59)68-51-29-14-10-24-42(51)46-34-44-40-22-8-12-27-49(40)66(55(44)36-57(46)68)38-19-5-2-6-20-38/h1-36H. The van der Waals surface area contributed by atoms with Crippen LogP contribution in [0, 0.1) is 0 Å². The molecule has 5 nitrogen and oxygen atoms in total. The van der Waals surface area contributed by atoms with E-state index in [0.717, 1.165) is 98.6 Å². The molecule has 0 bridgehead atoms. The van der Waals surface area contributed by atoms with Gasteiger partial charge in [-0.25, -0.2) is 0 Å². The molecule has 0 saturated heterocycles. The Morgan fingerprint density at radius 2 is 0.691 bits per heavy atom. The lowest BCUT2D eigenvalue weighted by Gasteiger charge is -2.21. The van der Waals surface area contributed by atoms with Crippen LogP contribution in [-0.2, 0) is 6.18 Å². The average Bonchev–Trinajstić information content (AvgIpc) is 4.09. The molecule has 0 saturated carbocycles. The summed E-state index contributed by atoms with van der Waals surface area (Å²) in [4.78, 5) is 4.97. The zero-order valence-corrected chi connectivity index (χ0v) is 36.2. The molecule has 0 unspecified atom stereocenters. The van der Waals surface area contributed by atoms with Crippen molar-refractivity contribution in [3.63, 3.8) is 0 Å². The van der Waals surface area contributed by atoms with Gasteiger partial charge < -0.3 is 18.3 Å². The van der Waals surface area contributed by atoms with E-state index in [1.54, 1.807) is 12.3 Å². The minimum atomic E-state index is -4.73. The maximum Gasteiger partial charge on any atom is 0.417 e. The molecule has 14 aromatic rings. The van der Waals surface area contributed by atoms with E-state index in [0.29, 0.717) is 11.4 Å². The number of rotatable bonds is 5. The van der Waals surface area contributed by atoms with Gasteiger partial charge in [-0.1, -0.05) is 115 Å². The van der Waals surface area contributed by atoms with E-state index in [2.05, 4.69) is 111 Å². The average molecular weight is 884 g/mol. The molecule has 0 aliphatic rings. The van der Waals surface area contributed by atoms with Crippen molar-refractivity contribution in [2.75, 3.05) is 0 Å². The molecule has 68 heavy (non-hydrogen) atoms. The van der Waals surface area contributed by atoms with Crippen LogP contribution >= 0.6 is 0 Å². The van der Waals surface area contributed by atoms with E-state index in [-0.39, 0.29) is 11.3 Å². The first-order valence-corrected chi connectivity index (χ1v) is 22.6. The molecule has 0 amide bonds. The number of aromatic nitrogens is 5. The van der Waals surface area contributed by atoms with Gasteiger partial charge in [-0.05, 0) is 97.1 Å². The van der Waals surface area contributed by atoms with Gasteiger partial charge in [-0.3, -0.25) is 4.98 Å². The number of benzene rings is 9. The lowest BCUT2D eigenvalue weighted by atomic mass is 9.99. The van der Waals surface area contributed by atoms with Crippen molar-refractivity contribution >= 4 is 87.2 Å². The smallest absolute Gasteiger partial charge is 0.309 e. The first-order chi connectivity index (χ1) is 33.4. The molecular formula is C60H36F3N5. The van der Waals surface area contributed by atoms with Crippen LogP contribution in [0.25, 0.3) is 121 Å². The van der Waals surface area contributed by atoms with Crippen LogP contribution in [0.2, 0.25) is 0 Å². The van der Waals surface area contributed by atoms with E-state index >= 15 is 13.2 Å². The monoisotopic (exact) mass is 883 g/mol. The summed E-state index contributed by atoms with van der Waals surface area (Å²) in [6.07, 6.45) is -3.13. The summed E-state index contributed by atoms with van der Waals surface area (Å²) in [5, 5.41) is 8.20. The van der Waals surface area contributed by atoms with Crippen LogP contribution in [0.4, 0.5) is 13.2 Å². The summed E-state index contributed by atoms with van der Waals surface area (Å²) in [7, 11) is 0. The molecule has 0 N–H and O–H groups in total. The van der Waals surface area contributed by atoms with Gasteiger partial charge in [-0.15, -0.1) is 0 Å². The molecule has 0 aliphatic carbocycles. The SMILES string of the molecule is FC(F)(F)c1cccc(-n2c3ccccc3c3cc4c5ccccc5n(-c5ccccc5)c4cc32)c1-c1ncccc1-n1c2ccccc2c2cc3c4ccccc4n(-c4ccccc4)c3cc21. The number of nitrogens with zero attached hydrogens (tertiary/aromatic N) is 5. The second-order valence-corrected chi connectivity index (χ2v) is 17.4. The topological polar surface area (TPSA) is 32.6 Å². The maximum absolute atomic E-state index is 16.0. The molecule has 9 aromatic carbocycles. The van der Waals surface area contributed by atoms with Crippen LogP contribution in [0.15, 0.2) is 219 Å². The largest absolute Gasteiger partial charge is 0.417 e. The van der Waals surface area contributed by atoms with Crippen molar-refractivity contribution in [1.82, 2.24) is 23.3 Å². The van der Waals surface area contributed by atoms with Gasteiger partial charge in [0.05, 0.1) is 66.8 Å². The molecule has 14 rings (SSSR count). The van der Waals surface area contributed by atoms with E-state index in [1.807, 2.05) is 102 Å². The van der Waals surface area contributed by atoms with Crippen molar-refractivity contribution in [2.24, 2.45) is 0 Å². The van der Waals surface area contributed by atoms with Crippen LogP contribution in [0.1, 0.15) is 5.56 Å². The Bertz CT molecular complexity index is 4360. The van der Waals surface area contributed by atoms with Gasteiger partial charge in [0.15, 0.2) is 0 Å². The quantitative estimate of drug-likeness (QED) is 0.169. The van der Waals surface area contributed by atoms with Crippen molar-refractivity contribution in [2.45, 2.75) is 6.18 Å². The zero-order chi connectivity index (χ0) is 45.3. The lowest BCUT2D eigenvalue weighted by molar-refractivity contribution is -0.137. The second kappa shape index (κ2) is 14.3. The summed E-state index contributed by atoms with van der Waals surface area (Å²) < 4.78 is 56.5. The van der Waals surface area contributed by atoms with Crippen LogP contribution in [0.5, 0.6) is 0 Å². The van der Waals surface area contributed by atoms with Crippen molar-refractivity contribution in [3.05, 3.63) is 224 Å². The van der Waals surface area contributed by atoms with Gasteiger partial charge >= 0.3 is 6.18 Å². The normalized spacial score (nSPS) is 12.3. The Morgan fingerprint density at radius 3 is 1.15 bits per heavy atom. The third-order valence-electron chi connectivity index (χ3n) is 13.8. The molecule has 322 valence electrons. The number of hydrogen-bond acceptors (Lipinski definition) is 1. The Kier molecular flexibility index (Phi) is 8.08. The third kappa shape index (κ3) is 5.42. The Hall–Kier alpha value is -8.88. The highest BCUT2D eigenvalue weighted by molar-refractivity contribution is 6.21. The highest BCUT2D eigenvalue weighted by Crippen LogP contribution is 2.47. The van der Waals surface area contributed by atoms with Gasteiger partial charge in [0.2, 0.25) is 0 Å². The molecule has 8 heteroatoms. The summed E-state index contributed by atoms with van der Waals surface area (Å²) in [5.74, 6) is 0. The van der Waals surface area contributed by atoms with Crippen LogP contribution in [-0.4, -0.2) is 23.3 Å². The molecule has 0 fully saturated rings. The highest BCUT2D eigenvalue weighted by Gasteiger charge is 2.37. The van der Waals surface area contributed by atoms with Crippen molar-refractivity contribution < 1.29 is 13.2 Å². The number of alkyl halides is 3. The fraction of sp³-hybridized carbons (Fsp3) is 0.0167. The van der Waals surface area contributed by atoms with E-state index in [4.69, 9.17) is 4.98 Å². The molecule has 0 atom stereocenters. The van der Waals surface area contributed by atoms with E-state index in [9.17, 15) is 0 Å². The van der Waals surface area contributed by atoms with Gasteiger partial charge in [0.1, 0.15) is 0 Å². The lowest BCUT2D eigenvalue weighted by Crippen LogP contribution is -2.12. The summed E-state index contributed by atoms with van der Waals surface area (Å²) in [5.41, 5.74) is 9.68. The van der Waals surface area contributed by atoms with Gasteiger partial charge in [-0.2, -0.15) is 13.2 Å². The van der Waals surface area contributed by atoms with Crippen LogP contribution < -0.4 is 0 Å². The van der Waals surface area contributed by atoms with Crippen molar-refractivity contribution in [1.29, 1.82) is 0 Å². The number of pyridine rings is 1. The molecule has 0 aliphatic heterocycles. The number of hydrogen-bond donors (Lipinski definition) is 0. The van der Waals surface area contributed by atoms with Crippen molar-refractivity contribution in [3.8, 4) is 34.0 Å². The summed E-state index contributed by atoms with van der Waals surface area (Å²) >= 11 is 0. The van der Waals surface area contributed by atoms with E-state index < -0.39 is 11.7 Å². The number of halogens is 3. The molecule has 0 radical (unpaired) electrons. The summed E-state index contributed by atoms with van der Waals surface area (Å²) in [6, 6.07) is 70.3. The predicted molar refractivity (Wildman–Crippen MR) is 272 cm³/mol. The zero-order valence-electron chi connectivity index (χ0n) is 36.2. The number of para-hydroxylation sites is 6. The van der Waals surface area contributed by atoms with Gasteiger partial charge in [0.25, 0.3) is 0 Å². The molecular weight excluding hydrogens is 848 g/mol. The Labute approximate surface area is 386 Å². The predicted octanol–water partition coefficient (Wildman–Crippen LogP) is 16.2. The molecule has 0 spiro atoms. The summed E-state index contributed by atoms with van der Waals surface area (Å²) in [6.45, 7) is 0. The third-order valence-corrected chi connectivity index (χ3v) is 13.8. The fourth-order valence-electron chi connectivity index (χ4n) is 11.1. The van der Waals surface area contributed by atoms with E-state index in [1.165, 1.54) is 12.1 Å². The first-order valence-electron chi connectivity index (χ1n) is 22.6. The Balaban J connectivity index is 1.10. The molecule has 5 aromatic heterocycles. The maximum atomic E-state index is 16.0.